The molecule has 1 aromatic heterocycles. The van der Waals surface area contributed by atoms with Crippen molar-refractivity contribution in [3.8, 4) is 0 Å². The Morgan fingerprint density at radius 1 is 0.926 bits per heavy atom. The van der Waals surface area contributed by atoms with Crippen LogP contribution in [0.4, 0.5) is 5.82 Å². The van der Waals surface area contributed by atoms with Gasteiger partial charge in [0.25, 0.3) is 10.0 Å². The number of benzene rings is 2. The Bertz CT molecular complexity index is 1000. The highest BCUT2D eigenvalue weighted by atomic mass is 32.2. The van der Waals surface area contributed by atoms with Crippen molar-refractivity contribution < 1.29 is 8.42 Å². The molecule has 0 spiro atoms. The van der Waals surface area contributed by atoms with Crippen molar-refractivity contribution in [3.63, 3.8) is 0 Å². The number of nitrogens with zero attached hydrogens (tertiary/aromatic N) is 2. The van der Waals surface area contributed by atoms with Crippen molar-refractivity contribution in [2.75, 3.05) is 5.32 Å². The maximum atomic E-state index is 12.7. The maximum absolute atomic E-state index is 12.7. The fourth-order valence-corrected chi connectivity index (χ4v) is 3.57. The topological polar surface area (TPSA) is 71.4 Å². The average Bonchev–Trinajstić information content (AvgIpc) is 2.70. The van der Waals surface area contributed by atoms with Crippen molar-refractivity contribution in [2.24, 2.45) is 4.40 Å². The van der Waals surface area contributed by atoms with Crippen LogP contribution in [0.15, 0.2) is 88.3 Å². The first-order chi connectivity index (χ1) is 13.1. The molecule has 0 unspecified atom stereocenters. The molecule has 0 aliphatic carbocycles. The third-order valence-corrected chi connectivity index (χ3v) is 5.34. The Labute approximate surface area is 159 Å². The molecular weight excluding hydrogens is 358 g/mol. The minimum Gasteiger partial charge on any atom is -0.327 e. The van der Waals surface area contributed by atoms with Gasteiger partial charge >= 0.3 is 0 Å². The molecule has 5 nitrogen and oxygen atoms in total. The molecule has 1 heterocycles. The molecule has 0 bridgehead atoms. The van der Waals surface area contributed by atoms with E-state index in [2.05, 4.69) is 21.6 Å². The Kier molecular flexibility index (Phi) is 5.98. The number of hydrogen-bond donors (Lipinski definition) is 1. The van der Waals surface area contributed by atoms with Gasteiger partial charge in [0.2, 0.25) is 0 Å². The third kappa shape index (κ3) is 5.24. The van der Waals surface area contributed by atoms with Gasteiger partial charge in [0.15, 0.2) is 0 Å². The highest BCUT2D eigenvalue weighted by molar-refractivity contribution is 7.90. The summed E-state index contributed by atoms with van der Waals surface area (Å²) in [6, 6.07) is 21.7. The molecule has 3 rings (SSSR count). The molecule has 138 valence electrons. The number of aryl methyl sites for hydroxylation is 1. The van der Waals surface area contributed by atoms with Gasteiger partial charge in [-0.15, -0.1) is 4.40 Å². The van der Waals surface area contributed by atoms with E-state index in [0.717, 1.165) is 12.0 Å². The van der Waals surface area contributed by atoms with Crippen LogP contribution in [0.5, 0.6) is 0 Å². The Morgan fingerprint density at radius 3 is 2.22 bits per heavy atom. The molecule has 1 N–H and O–H groups in total. The predicted molar refractivity (Wildman–Crippen MR) is 108 cm³/mol. The number of amidine groups is 1. The van der Waals surface area contributed by atoms with Gasteiger partial charge in [-0.05, 0) is 41.8 Å². The lowest BCUT2D eigenvalue weighted by Crippen LogP contribution is -2.18. The second-order valence-corrected chi connectivity index (χ2v) is 7.62. The number of aromatic nitrogens is 1. The summed E-state index contributed by atoms with van der Waals surface area (Å²) in [7, 11) is -3.81. The fourth-order valence-electron chi connectivity index (χ4n) is 2.56. The second kappa shape index (κ2) is 8.60. The summed E-state index contributed by atoms with van der Waals surface area (Å²) in [5.41, 5.74) is 2.20. The number of nitrogens with one attached hydrogen (secondary N) is 1. The van der Waals surface area contributed by atoms with Gasteiger partial charge in [-0.3, -0.25) is 0 Å². The maximum Gasteiger partial charge on any atom is 0.283 e. The van der Waals surface area contributed by atoms with Crippen LogP contribution in [0.2, 0.25) is 0 Å². The van der Waals surface area contributed by atoms with Crippen molar-refractivity contribution in [1.82, 2.24) is 4.98 Å². The van der Waals surface area contributed by atoms with Crippen molar-refractivity contribution in [1.29, 1.82) is 0 Å². The van der Waals surface area contributed by atoms with Crippen molar-refractivity contribution in [2.45, 2.75) is 24.7 Å². The zero-order chi connectivity index (χ0) is 19.1. The molecule has 0 amide bonds. The van der Waals surface area contributed by atoms with Gasteiger partial charge in [0.1, 0.15) is 11.7 Å². The Balaban J connectivity index is 1.93. The summed E-state index contributed by atoms with van der Waals surface area (Å²) in [4.78, 5) is 4.36. The lowest BCUT2D eigenvalue weighted by molar-refractivity contribution is 0.598. The van der Waals surface area contributed by atoms with E-state index in [1.807, 2.05) is 30.3 Å². The molecule has 0 fully saturated rings. The molecule has 0 saturated carbocycles. The highest BCUT2D eigenvalue weighted by Gasteiger charge is 2.15. The minimum absolute atomic E-state index is 0.159. The lowest BCUT2D eigenvalue weighted by atomic mass is 10.1. The molecule has 0 saturated heterocycles. The van der Waals surface area contributed by atoms with Crippen LogP contribution < -0.4 is 5.32 Å². The largest absolute Gasteiger partial charge is 0.327 e. The lowest BCUT2D eigenvalue weighted by Gasteiger charge is -2.10. The Hall–Kier alpha value is -2.99. The summed E-state index contributed by atoms with van der Waals surface area (Å²) in [6.07, 6.45) is 2.95. The molecule has 2 aromatic carbocycles. The van der Waals surface area contributed by atoms with Crippen LogP contribution in [0.25, 0.3) is 0 Å². The number of pyridine rings is 1. The summed E-state index contributed by atoms with van der Waals surface area (Å²) in [5, 5.41) is 3.04. The van der Waals surface area contributed by atoms with E-state index >= 15 is 0 Å². The van der Waals surface area contributed by atoms with E-state index in [-0.39, 0.29) is 4.90 Å². The molecular formula is C21H21N3O2S. The molecule has 6 heteroatoms. The standard InChI is InChI=1S/C21H21N3O2S/c1-2-17-11-13-18(14-12-17)16-21(23-20-10-6-7-15-22-20)24-27(25,26)19-8-4-3-5-9-19/h3-15H,2,16H2,1H3,(H,22,23,24). The smallest absolute Gasteiger partial charge is 0.283 e. The van der Waals surface area contributed by atoms with Gasteiger partial charge in [0.05, 0.1) is 4.90 Å². The zero-order valence-corrected chi connectivity index (χ0v) is 15.9. The Morgan fingerprint density at radius 2 is 1.59 bits per heavy atom. The zero-order valence-electron chi connectivity index (χ0n) is 15.0. The molecule has 0 radical (unpaired) electrons. The average molecular weight is 379 g/mol. The van der Waals surface area contributed by atoms with E-state index < -0.39 is 10.0 Å². The first kappa shape index (κ1) is 18.8. The van der Waals surface area contributed by atoms with Crippen LogP contribution in [-0.4, -0.2) is 19.2 Å². The second-order valence-electron chi connectivity index (χ2n) is 6.01. The molecule has 0 aliphatic rings. The van der Waals surface area contributed by atoms with Gasteiger partial charge in [-0.2, -0.15) is 8.42 Å². The normalized spacial score (nSPS) is 12.0. The van der Waals surface area contributed by atoms with Crippen LogP contribution in [-0.2, 0) is 22.9 Å². The molecule has 27 heavy (non-hydrogen) atoms. The van der Waals surface area contributed by atoms with Crippen molar-refractivity contribution in [3.05, 3.63) is 90.1 Å². The highest BCUT2D eigenvalue weighted by Crippen LogP contribution is 2.14. The number of rotatable bonds is 6. The van der Waals surface area contributed by atoms with Crippen LogP contribution in [0.1, 0.15) is 18.1 Å². The van der Waals surface area contributed by atoms with E-state index in [0.29, 0.717) is 18.1 Å². The van der Waals surface area contributed by atoms with Crippen LogP contribution in [0.3, 0.4) is 0 Å². The first-order valence-electron chi connectivity index (χ1n) is 8.71. The molecule has 0 aliphatic heterocycles. The van der Waals surface area contributed by atoms with Crippen LogP contribution >= 0.6 is 0 Å². The summed E-state index contributed by atoms with van der Waals surface area (Å²) in [6.45, 7) is 2.09. The predicted octanol–water partition coefficient (Wildman–Crippen LogP) is 4.09. The van der Waals surface area contributed by atoms with Gasteiger partial charge < -0.3 is 5.32 Å². The minimum atomic E-state index is -3.81. The van der Waals surface area contributed by atoms with E-state index in [1.54, 1.807) is 36.5 Å². The van der Waals surface area contributed by atoms with Crippen molar-refractivity contribution >= 4 is 21.7 Å². The number of sulfonamides is 1. The van der Waals surface area contributed by atoms with E-state index in [9.17, 15) is 8.42 Å². The summed E-state index contributed by atoms with van der Waals surface area (Å²) in [5.74, 6) is 0.867. The third-order valence-electron chi connectivity index (χ3n) is 4.01. The molecule has 3 aromatic rings. The number of hydrogen-bond acceptors (Lipinski definition) is 3. The van der Waals surface area contributed by atoms with E-state index in [1.165, 1.54) is 17.7 Å². The number of anilines is 1. The SMILES string of the molecule is CCc1ccc(CC(=NS(=O)(=O)c2ccccc2)Nc2ccccn2)cc1. The van der Waals surface area contributed by atoms with Gasteiger partial charge in [-0.1, -0.05) is 55.5 Å². The summed E-state index contributed by atoms with van der Waals surface area (Å²) >= 11 is 0. The van der Waals surface area contributed by atoms with Crippen LogP contribution in [0, 0.1) is 0 Å². The molecule has 0 atom stereocenters. The van der Waals surface area contributed by atoms with E-state index in [4.69, 9.17) is 0 Å². The van der Waals surface area contributed by atoms with Gasteiger partial charge in [0, 0.05) is 12.6 Å². The van der Waals surface area contributed by atoms with Gasteiger partial charge in [-0.25, -0.2) is 4.98 Å². The quantitative estimate of drug-likeness (QED) is 0.517. The first-order valence-corrected chi connectivity index (χ1v) is 10.2. The fraction of sp³-hybridized carbons (Fsp3) is 0.143. The summed E-state index contributed by atoms with van der Waals surface area (Å²) < 4.78 is 29.4. The monoisotopic (exact) mass is 379 g/mol.